The van der Waals surface area contributed by atoms with E-state index in [1.807, 2.05) is 30.3 Å². The van der Waals surface area contributed by atoms with Crippen LogP contribution >= 0.6 is 0 Å². The van der Waals surface area contributed by atoms with Gasteiger partial charge in [0.2, 0.25) is 0 Å². The van der Waals surface area contributed by atoms with Crippen molar-refractivity contribution in [1.82, 2.24) is 0 Å². The summed E-state index contributed by atoms with van der Waals surface area (Å²) in [6.45, 7) is 5.87. The molecule has 4 heteroatoms. The highest BCUT2D eigenvalue weighted by Gasteiger charge is 2.19. The number of anilines is 3. The van der Waals surface area contributed by atoms with Crippen molar-refractivity contribution in [3.05, 3.63) is 193 Å². The molecule has 0 saturated heterocycles. The van der Waals surface area contributed by atoms with Gasteiger partial charge in [-0.1, -0.05) is 109 Å². The lowest BCUT2D eigenvalue weighted by molar-refractivity contribution is 0.597. The fourth-order valence-electron chi connectivity index (χ4n) is 7.96. The number of furan rings is 2. The van der Waals surface area contributed by atoms with E-state index in [0.717, 1.165) is 78.0 Å². The van der Waals surface area contributed by atoms with E-state index in [1.54, 1.807) is 6.20 Å². The zero-order valence-corrected chi connectivity index (χ0v) is 29.7. The van der Waals surface area contributed by atoms with Crippen molar-refractivity contribution >= 4 is 83.8 Å². The molecule has 2 heterocycles. The summed E-state index contributed by atoms with van der Waals surface area (Å²) < 4.78 is 12.7. The summed E-state index contributed by atoms with van der Waals surface area (Å²) in [4.78, 5) is 6.45. The van der Waals surface area contributed by atoms with E-state index in [4.69, 9.17) is 8.83 Å². The van der Waals surface area contributed by atoms with Gasteiger partial charge in [0.25, 0.3) is 0 Å². The second-order valence-electron chi connectivity index (χ2n) is 13.7. The highest BCUT2D eigenvalue weighted by Crippen LogP contribution is 2.42. The Hall–Kier alpha value is -7.17. The Kier molecular flexibility index (Phi) is 7.48. The third-order valence-electron chi connectivity index (χ3n) is 10.6. The Morgan fingerprint density at radius 2 is 1.09 bits per heavy atom. The van der Waals surface area contributed by atoms with Crippen LogP contribution in [0.5, 0.6) is 0 Å². The van der Waals surface area contributed by atoms with E-state index in [2.05, 4.69) is 163 Å². The summed E-state index contributed by atoms with van der Waals surface area (Å²) in [6.07, 6.45) is 1.78. The minimum absolute atomic E-state index is 0.792. The molecule has 4 nitrogen and oxygen atoms in total. The van der Waals surface area contributed by atoms with Crippen molar-refractivity contribution in [3.63, 3.8) is 0 Å². The van der Waals surface area contributed by atoms with E-state index in [1.165, 1.54) is 27.1 Å². The number of hydrogen-bond acceptors (Lipinski definition) is 4. The van der Waals surface area contributed by atoms with Crippen LogP contribution in [0.15, 0.2) is 190 Å². The summed E-state index contributed by atoms with van der Waals surface area (Å²) in [5.74, 6) is 0.792. The monoisotopic (exact) mass is 694 g/mol. The molecule has 0 saturated carbocycles. The number of rotatable bonds is 7. The van der Waals surface area contributed by atoms with E-state index >= 15 is 0 Å². The molecule has 2 aromatic heterocycles. The van der Waals surface area contributed by atoms with Gasteiger partial charge in [-0.15, -0.1) is 0 Å². The van der Waals surface area contributed by atoms with Crippen LogP contribution < -0.4 is 4.90 Å². The van der Waals surface area contributed by atoms with Gasteiger partial charge in [-0.2, -0.15) is 0 Å². The lowest BCUT2D eigenvalue weighted by atomic mass is 9.93. The van der Waals surface area contributed by atoms with Gasteiger partial charge >= 0.3 is 0 Å². The molecule has 10 aromatic rings. The first-order chi connectivity index (χ1) is 26.6. The van der Waals surface area contributed by atoms with Crippen molar-refractivity contribution in [2.24, 2.45) is 4.99 Å². The van der Waals surface area contributed by atoms with Crippen molar-refractivity contribution in [2.45, 2.75) is 6.92 Å². The summed E-state index contributed by atoms with van der Waals surface area (Å²) in [5, 5.41) is 8.29. The zero-order chi connectivity index (χ0) is 36.2. The molecule has 256 valence electrons. The highest BCUT2D eigenvalue weighted by molar-refractivity contribution is 6.14. The molecule has 0 amide bonds. The van der Waals surface area contributed by atoms with Crippen molar-refractivity contribution in [3.8, 4) is 11.1 Å². The topological polar surface area (TPSA) is 41.9 Å². The Morgan fingerprint density at radius 1 is 0.519 bits per heavy atom. The molecule has 0 spiro atoms. The second kappa shape index (κ2) is 12.8. The largest absolute Gasteiger partial charge is 0.456 e. The molecular formula is C50H34N2O2. The second-order valence-corrected chi connectivity index (χ2v) is 13.7. The summed E-state index contributed by atoms with van der Waals surface area (Å²) >= 11 is 0. The molecular weight excluding hydrogens is 661 g/mol. The lowest BCUT2D eigenvalue weighted by Gasteiger charge is -2.26. The number of para-hydroxylation sites is 2. The Labute approximate surface area is 312 Å². The summed E-state index contributed by atoms with van der Waals surface area (Å²) in [5.41, 5.74) is 10.9. The van der Waals surface area contributed by atoms with Crippen LogP contribution in [0.1, 0.15) is 16.9 Å². The van der Waals surface area contributed by atoms with Gasteiger partial charge in [0.1, 0.15) is 22.5 Å². The Morgan fingerprint density at radius 3 is 1.81 bits per heavy atom. The predicted octanol–water partition coefficient (Wildman–Crippen LogP) is 14.2. The van der Waals surface area contributed by atoms with Gasteiger partial charge in [0, 0.05) is 56.6 Å². The zero-order valence-electron chi connectivity index (χ0n) is 29.7. The normalized spacial score (nSPS) is 12.0. The average Bonchev–Trinajstić information content (AvgIpc) is 3.77. The molecule has 54 heavy (non-hydrogen) atoms. The molecule has 0 aliphatic rings. The van der Waals surface area contributed by atoms with Crippen LogP contribution in [0, 0.1) is 6.92 Å². The molecule has 0 N–H and O–H groups in total. The smallest absolute Gasteiger partial charge is 0.140 e. The lowest BCUT2D eigenvalue weighted by Crippen LogP contribution is -2.10. The number of fused-ring (bicyclic) bond motifs is 7. The van der Waals surface area contributed by atoms with Crippen LogP contribution in [-0.4, -0.2) is 6.72 Å². The summed E-state index contributed by atoms with van der Waals surface area (Å²) in [6, 6.07) is 59.8. The third-order valence-corrected chi connectivity index (χ3v) is 10.6. The third kappa shape index (κ3) is 5.19. The van der Waals surface area contributed by atoms with Crippen molar-refractivity contribution in [2.75, 3.05) is 4.90 Å². The first-order valence-electron chi connectivity index (χ1n) is 18.1. The average molecular weight is 695 g/mol. The number of hydrogen-bond donors (Lipinski definition) is 0. The first-order valence-corrected chi connectivity index (χ1v) is 18.1. The standard InChI is InChI=1S/C50H34N2O2/c1-32-39-12-7-9-17-47(39)54-50(32)46(31-51-2)34-21-25-37(26-22-34)52(38-27-28-44-43-16-8-10-18-48(43)53-49(44)30-38)36-23-19-33(20-24-36)45-29-35-11-3-4-13-40(35)41-14-5-6-15-42(41)45/h3-31H,2H2,1H3/b46-31-. The minimum atomic E-state index is 0.792. The Bertz CT molecular complexity index is 3070. The quantitative estimate of drug-likeness (QED) is 0.123. The molecule has 0 fully saturated rings. The van der Waals surface area contributed by atoms with Crippen LogP contribution in [0.25, 0.3) is 71.2 Å². The Balaban J connectivity index is 1.09. The molecule has 8 aromatic carbocycles. The molecule has 0 unspecified atom stereocenters. The van der Waals surface area contributed by atoms with E-state index in [-0.39, 0.29) is 0 Å². The molecule has 10 rings (SSSR count). The van der Waals surface area contributed by atoms with E-state index in [9.17, 15) is 0 Å². The fourth-order valence-corrected chi connectivity index (χ4v) is 7.96. The number of aryl methyl sites for hydroxylation is 1. The van der Waals surface area contributed by atoms with Crippen LogP contribution in [-0.2, 0) is 0 Å². The van der Waals surface area contributed by atoms with Gasteiger partial charge in [-0.25, -0.2) is 0 Å². The van der Waals surface area contributed by atoms with Gasteiger partial charge in [-0.05, 0) is 106 Å². The molecule has 0 aliphatic carbocycles. The van der Waals surface area contributed by atoms with Gasteiger partial charge in [-0.3, -0.25) is 4.99 Å². The number of benzene rings is 8. The van der Waals surface area contributed by atoms with Crippen LogP contribution in [0.3, 0.4) is 0 Å². The van der Waals surface area contributed by atoms with Crippen LogP contribution in [0.2, 0.25) is 0 Å². The van der Waals surface area contributed by atoms with E-state index in [0.29, 0.717) is 0 Å². The van der Waals surface area contributed by atoms with Crippen molar-refractivity contribution < 1.29 is 8.83 Å². The number of nitrogens with zero attached hydrogens (tertiary/aromatic N) is 2. The maximum Gasteiger partial charge on any atom is 0.140 e. The molecule has 0 aliphatic heterocycles. The maximum atomic E-state index is 6.37. The van der Waals surface area contributed by atoms with E-state index < -0.39 is 0 Å². The molecule has 0 radical (unpaired) electrons. The fraction of sp³-hybridized carbons (Fsp3) is 0.0200. The minimum Gasteiger partial charge on any atom is -0.456 e. The van der Waals surface area contributed by atoms with Gasteiger partial charge in [0.15, 0.2) is 0 Å². The van der Waals surface area contributed by atoms with Gasteiger partial charge in [0.05, 0.1) is 0 Å². The number of aliphatic imine (C=N–C) groups is 1. The maximum absolute atomic E-state index is 6.37. The summed E-state index contributed by atoms with van der Waals surface area (Å²) in [7, 11) is 0. The highest BCUT2D eigenvalue weighted by atomic mass is 16.3. The SMILES string of the molecule is C=N/C=C(/c1ccc(N(c2ccc(-c3cc4ccccc4c4ccccc34)cc2)c2ccc3c(c2)oc2ccccc23)cc1)c1oc2ccccc2c1C. The predicted molar refractivity (Wildman–Crippen MR) is 226 cm³/mol. The van der Waals surface area contributed by atoms with Crippen molar-refractivity contribution in [1.29, 1.82) is 0 Å². The van der Waals surface area contributed by atoms with Gasteiger partial charge < -0.3 is 13.7 Å². The first kappa shape index (κ1) is 31.6. The molecule has 0 bridgehead atoms. The molecule has 0 atom stereocenters. The van der Waals surface area contributed by atoms with Crippen LogP contribution in [0.4, 0.5) is 17.1 Å².